The lowest BCUT2D eigenvalue weighted by Gasteiger charge is -2.12. The second-order valence-electron chi connectivity index (χ2n) is 7.43. The van der Waals surface area contributed by atoms with Crippen LogP contribution in [-0.2, 0) is 0 Å². The van der Waals surface area contributed by atoms with Crippen LogP contribution in [0.4, 0.5) is 0 Å². The molecular formula is C26H20IN3O4. The highest BCUT2D eigenvalue weighted by molar-refractivity contribution is 14.1. The van der Waals surface area contributed by atoms with Gasteiger partial charge in [0.15, 0.2) is 17.3 Å². The number of fused-ring (bicyclic) bond motifs is 2. The van der Waals surface area contributed by atoms with Gasteiger partial charge in [-0.3, -0.25) is 4.79 Å². The van der Waals surface area contributed by atoms with E-state index in [0.29, 0.717) is 46.2 Å². The molecule has 0 N–H and O–H groups in total. The number of aromatic nitrogens is 2. The zero-order chi connectivity index (χ0) is 23.7. The van der Waals surface area contributed by atoms with Crippen molar-refractivity contribution in [3.63, 3.8) is 0 Å². The van der Waals surface area contributed by atoms with Gasteiger partial charge in [0.2, 0.25) is 5.82 Å². The molecule has 2 aromatic heterocycles. The number of furan rings is 1. The van der Waals surface area contributed by atoms with Crippen molar-refractivity contribution in [3.8, 4) is 23.1 Å². The first kappa shape index (κ1) is 22.1. The Morgan fingerprint density at radius 1 is 1.12 bits per heavy atom. The van der Waals surface area contributed by atoms with E-state index in [1.165, 1.54) is 4.68 Å². The Bertz CT molecular complexity index is 1570. The smallest absolute Gasteiger partial charge is 0.282 e. The van der Waals surface area contributed by atoms with Gasteiger partial charge < -0.3 is 13.9 Å². The van der Waals surface area contributed by atoms with Crippen molar-refractivity contribution in [2.45, 2.75) is 6.92 Å². The molecule has 0 aliphatic carbocycles. The highest BCUT2D eigenvalue weighted by Crippen LogP contribution is 2.33. The lowest BCUT2D eigenvalue weighted by atomic mass is 10.2. The summed E-state index contributed by atoms with van der Waals surface area (Å²) in [5, 5.41) is 5.91. The molecule has 170 valence electrons. The maximum absolute atomic E-state index is 13.4. The van der Waals surface area contributed by atoms with Gasteiger partial charge in [-0.1, -0.05) is 30.3 Å². The van der Waals surface area contributed by atoms with E-state index in [2.05, 4.69) is 27.7 Å². The summed E-state index contributed by atoms with van der Waals surface area (Å²) in [6, 6.07) is 20.4. The SMILES string of the molecule is CCOc1c(I)cc(C=Nn2c(-c3cc4ccccc4o3)nc3ccccc3c2=O)cc1OC. The molecule has 0 saturated heterocycles. The normalized spacial score (nSPS) is 11.5. The van der Waals surface area contributed by atoms with Crippen molar-refractivity contribution in [2.75, 3.05) is 13.7 Å². The summed E-state index contributed by atoms with van der Waals surface area (Å²) < 4.78 is 19.4. The number of hydrogen-bond donors (Lipinski definition) is 0. The van der Waals surface area contributed by atoms with E-state index in [1.54, 1.807) is 31.5 Å². The largest absolute Gasteiger partial charge is 0.493 e. The van der Waals surface area contributed by atoms with Gasteiger partial charge in [0, 0.05) is 5.39 Å². The minimum atomic E-state index is -0.287. The Hall–Kier alpha value is -3.66. The lowest BCUT2D eigenvalue weighted by Crippen LogP contribution is -2.20. The van der Waals surface area contributed by atoms with Crippen LogP contribution in [0.3, 0.4) is 0 Å². The average Bonchev–Trinajstić information content (AvgIpc) is 3.29. The molecule has 0 unspecified atom stereocenters. The predicted molar refractivity (Wildman–Crippen MR) is 141 cm³/mol. The molecule has 0 amide bonds. The average molecular weight is 565 g/mol. The molecule has 34 heavy (non-hydrogen) atoms. The molecule has 0 spiro atoms. The van der Waals surface area contributed by atoms with Crippen LogP contribution in [0.15, 0.2) is 81.0 Å². The van der Waals surface area contributed by atoms with Gasteiger partial charge in [0.05, 0.1) is 34.4 Å². The molecule has 0 saturated carbocycles. The minimum Gasteiger partial charge on any atom is -0.493 e. The van der Waals surface area contributed by atoms with Gasteiger partial charge in [0.25, 0.3) is 5.56 Å². The highest BCUT2D eigenvalue weighted by Gasteiger charge is 2.17. The van der Waals surface area contributed by atoms with Crippen LogP contribution in [0.5, 0.6) is 11.5 Å². The zero-order valence-corrected chi connectivity index (χ0v) is 20.6. The standard InChI is InChI=1S/C26H20IN3O4/c1-3-33-24-19(27)12-16(13-22(24)32-2)15-28-30-25(23-14-17-8-4-7-11-21(17)34-23)29-20-10-6-5-9-18(20)26(30)31/h4-15H,3H2,1-2H3. The summed E-state index contributed by atoms with van der Waals surface area (Å²) in [5.41, 5.74) is 1.75. The molecule has 0 atom stereocenters. The topological polar surface area (TPSA) is 78.9 Å². The molecule has 0 aliphatic heterocycles. The number of para-hydroxylation sites is 2. The zero-order valence-electron chi connectivity index (χ0n) is 18.5. The molecule has 0 aliphatic rings. The number of methoxy groups -OCH3 is 1. The van der Waals surface area contributed by atoms with Crippen molar-refractivity contribution in [1.82, 2.24) is 9.66 Å². The van der Waals surface area contributed by atoms with E-state index in [4.69, 9.17) is 18.9 Å². The summed E-state index contributed by atoms with van der Waals surface area (Å²) in [4.78, 5) is 18.1. The van der Waals surface area contributed by atoms with Crippen molar-refractivity contribution < 1.29 is 13.9 Å². The fourth-order valence-electron chi connectivity index (χ4n) is 3.71. The molecule has 7 nitrogen and oxygen atoms in total. The Labute approximate surface area is 208 Å². The molecule has 0 bridgehead atoms. The number of ether oxygens (including phenoxy) is 2. The molecule has 3 aromatic carbocycles. The van der Waals surface area contributed by atoms with Crippen molar-refractivity contribution in [2.24, 2.45) is 5.10 Å². The van der Waals surface area contributed by atoms with E-state index >= 15 is 0 Å². The Kier molecular flexibility index (Phi) is 6.06. The number of nitrogens with zero attached hydrogens (tertiary/aromatic N) is 3. The lowest BCUT2D eigenvalue weighted by molar-refractivity contribution is 0.308. The number of halogens is 1. The van der Waals surface area contributed by atoms with Gasteiger partial charge in [-0.05, 0) is 71.5 Å². The first-order chi connectivity index (χ1) is 16.6. The van der Waals surface area contributed by atoms with Gasteiger partial charge >= 0.3 is 0 Å². The number of benzene rings is 3. The maximum Gasteiger partial charge on any atom is 0.282 e. The minimum absolute atomic E-state index is 0.287. The molecule has 0 radical (unpaired) electrons. The van der Waals surface area contributed by atoms with Crippen LogP contribution in [0.1, 0.15) is 12.5 Å². The van der Waals surface area contributed by atoms with Crippen LogP contribution in [0, 0.1) is 3.57 Å². The van der Waals surface area contributed by atoms with Crippen LogP contribution in [0.2, 0.25) is 0 Å². The third kappa shape index (κ3) is 4.05. The van der Waals surface area contributed by atoms with Gasteiger partial charge in [0.1, 0.15) is 5.58 Å². The van der Waals surface area contributed by atoms with Crippen LogP contribution < -0.4 is 15.0 Å². The van der Waals surface area contributed by atoms with Crippen molar-refractivity contribution in [1.29, 1.82) is 0 Å². The monoisotopic (exact) mass is 565 g/mol. The predicted octanol–water partition coefficient (Wildman–Crippen LogP) is 5.70. The first-order valence-electron chi connectivity index (χ1n) is 10.6. The second kappa shape index (κ2) is 9.30. The van der Waals surface area contributed by atoms with Crippen molar-refractivity contribution >= 4 is 50.7 Å². The van der Waals surface area contributed by atoms with Crippen LogP contribution >= 0.6 is 22.6 Å². The third-order valence-electron chi connectivity index (χ3n) is 5.26. The quantitative estimate of drug-likeness (QED) is 0.195. The molecule has 8 heteroatoms. The van der Waals surface area contributed by atoms with Crippen LogP contribution in [-0.4, -0.2) is 29.6 Å². The summed E-state index contributed by atoms with van der Waals surface area (Å²) in [7, 11) is 1.59. The fourth-order valence-corrected chi connectivity index (χ4v) is 4.49. The number of hydrogen-bond acceptors (Lipinski definition) is 6. The fraction of sp³-hybridized carbons (Fsp3) is 0.115. The molecule has 0 fully saturated rings. The first-order valence-corrected chi connectivity index (χ1v) is 11.7. The van der Waals surface area contributed by atoms with E-state index in [1.807, 2.05) is 55.5 Å². The summed E-state index contributed by atoms with van der Waals surface area (Å²) >= 11 is 2.19. The molecular weight excluding hydrogens is 545 g/mol. The van der Waals surface area contributed by atoms with Crippen molar-refractivity contribution in [3.05, 3.63) is 86.2 Å². The molecule has 5 aromatic rings. The van der Waals surface area contributed by atoms with Crippen LogP contribution in [0.25, 0.3) is 33.5 Å². The van der Waals surface area contributed by atoms with Gasteiger partial charge in [-0.15, -0.1) is 0 Å². The Morgan fingerprint density at radius 2 is 1.91 bits per heavy atom. The van der Waals surface area contributed by atoms with Gasteiger partial charge in [-0.25, -0.2) is 4.98 Å². The van der Waals surface area contributed by atoms with Gasteiger partial charge in [-0.2, -0.15) is 9.78 Å². The summed E-state index contributed by atoms with van der Waals surface area (Å²) in [6.07, 6.45) is 1.60. The van der Waals surface area contributed by atoms with E-state index in [-0.39, 0.29) is 5.56 Å². The molecule has 2 heterocycles. The number of rotatable bonds is 6. The maximum atomic E-state index is 13.4. The Balaban J connectivity index is 1.68. The second-order valence-corrected chi connectivity index (χ2v) is 8.59. The summed E-state index contributed by atoms with van der Waals surface area (Å²) in [5.74, 6) is 2.05. The highest BCUT2D eigenvalue weighted by atomic mass is 127. The third-order valence-corrected chi connectivity index (χ3v) is 6.06. The molecule has 5 rings (SSSR count). The Morgan fingerprint density at radius 3 is 2.71 bits per heavy atom. The summed E-state index contributed by atoms with van der Waals surface area (Å²) in [6.45, 7) is 2.45. The van der Waals surface area contributed by atoms with E-state index in [0.717, 1.165) is 14.5 Å². The van der Waals surface area contributed by atoms with E-state index in [9.17, 15) is 4.79 Å². The van der Waals surface area contributed by atoms with E-state index < -0.39 is 0 Å².